The smallest absolute Gasteiger partial charge is 0.126 e. The zero-order chi connectivity index (χ0) is 14.5. The molecule has 106 valence electrons. The van der Waals surface area contributed by atoms with Gasteiger partial charge in [-0.1, -0.05) is 36.2 Å². The molecule has 0 aromatic carbocycles. The van der Waals surface area contributed by atoms with Gasteiger partial charge < -0.3 is 11.1 Å². The van der Waals surface area contributed by atoms with E-state index in [0.29, 0.717) is 22.3 Å². The van der Waals surface area contributed by atoms with Crippen LogP contribution in [0, 0.1) is 0 Å². The quantitative estimate of drug-likeness (QED) is 0.889. The Morgan fingerprint density at radius 2 is 2.15 bits per heavy atom. The predicted molar refractivity (Wildman–Crippen MR) is 83.0 cm³/mol. The summed E-state index contributed by atoms with van der Waals surface area (Å²) < 4.78 is 0. The Bertz CT molecular complexity index is 589. The summed E-state index contributed by atoms with van der Waals surface area (Å²) in [5.74, 6) is 0.528. The number of aromatic nitrogens is 2. The average molecular weight is 311 g/mol. The number of nitrogens with one attached hydrogen (secondary N) is 1. The van der Waals surface area contributed by atoms with Gasteiger partial charge in [-0.3, -0.25) is 4.98 Å². The summed E-state index contributed by atoms with van der Waals surface area (Å²) >= 11 is 12.1. The van der Waals surface area contributed by atoms with E-state index in [1.165, 1.54) is 0 Å². The third-order valence-electron chi connectivity index (χ3n) is 2.97. The van der Waals surface area contributed by atoms with Crippen molar-refractivity contribution in [1.29, 1.82) is 0 Å². The molecule has 1 atom stereocenters. The molecule has 0 aliphatic rings. The van der Waals surface area contributed by atoms with Crippen LogP contribution >= 0.6 is 23.2 Å². The standard InChI is InChI=1S/C14H16Cl2N4/c1-2-18-12(6-9-4-3-5-19-14(9)17)13-11(16)7-10(15)8-20-13/h3-5,7-8,12,18H,2,6H2,1H3,(H2,17,19). The van der Waals surface area contributed by atoms with Crippen LogP contribution in [0.1, 0.15) is 24.2 Å². The van der Waals surface area contributed by atoms with Gasteiger partial charge in [-0.25, -0.2) is 4.98 Å². The maximum absolute atomic E-state index is 6.23. The van der Waals surface area contributed by atoms with E-state index in [0.717, 1.165) is 17.8 Å². The van der Waals surface area contributed by atoms with Crippen LogP contribution in [0.25, 0.3) is 0 Å². The molecule has 1 unspecified atom stereocenters. The number of nitrogens with zero attached hydrogens (tertiary/aromatic N) is 2. The highest BCUT2D eigenvalue weighted by Crippen LogP contribution is 2.27. The van der Waals surface area contributed by atoms with Crippen molar-refractivity contribution in [3.63, 3.8) is 0 Å². The van der Waals surface area contributed by atoms with E-state index < -0.39 is 0 Å². The van der Waals surface area contributed by atoms with Gasteiger partial charge in [-0.15, -0.1) is 0 Å². The summed E-state index contributed by atoms with van der Waals surface area (Å²) in [5.41, 5.74) is 7.62. The Kier molecular flexibility index (Phi) is 5.17. The lowest BCUT2D eigenvalue weighted by Crippen LogP contribution is -2.24. The molecule has 0 radical (unpaired) electrons. The summed E-state index contributed by atoms with van der Waals surface area (Å²) in [6, 6.07) is 5.49. The molecule has 0 fully saturated rings. The van der Waals surface area contributed by atoms with Crippen molar-refractivity contribution in [1.82, 2.24) is 15.3 Å². The third-order valence-corrected chi connectivity index (χ3v) is 3.48. The van der Waals surface area contributed by atoms with Gasteiger partial charge in [0.1, 0.15) is 5.82 Å². The van der Waals surface area contributed by atoms with E-state index in [1.54, 1.807) is 18.5 Å². The Labute approximate surface area is 128 Å². The van der Waals surface area contributed by atoms with Crippen LogP contribution in [-0.2, 0) is 6.42 Å². The van der Waals surface area contributed by atoms with Gasteiger partial charge in [0, 0.05) is 12.4 Å². The molecule has 2 aromatic rings. The van der Waals surface area contributed by atoms with Crippen LogP contribution in [0.3, 0.4) is 0 Å². The molecule has 0 spiro atoms. The SMILES string of the molecule is CCNC(Cc1cccnc1N)c1ncc(Cl)cc1Cl. The zero-order valence-electron chi connectivity index (χ0n) is 11.1. The topological polar surface area (TPSA) is 63.8 Å². The number of rotatable bonds is 5. The molecule has 2 aromatic heterocycles. The Morgan fingerprint density at radius 1 is 1.35 bits per heavy atom. The first-order chi connectivity index (χ1) is 9.61. The van der Waals surface area contributed by atoms with Gasteiger partial charge in [-0.2, -0.15) is 0 Å². The first kappa shape index (κ1) is 15.0. The summed E-state index contributed by atoms with van der Waals surface area (Å²) in [5, 5.41) is 4.43. The lowest BCUT2D eigenvalue weighted by atomic mass is 10.0. The first-order valence-corrected chi connectivity index (χ1v) is 7.11. The second-order valence-corrected chi connectivity index (χ2v) is 5.23. The van der Waals surface area contributed by atoms with E-state index in [9.17, 15) is 0 Å². The van der Waals surface area contributed by atoms with E-state index in [4.69, 9.17) is 28.9 Å². The molecule has 2 heterocycles. The predicted octanol–water partition coefficient (Wildman–Crippen LogP) is 3.26. The highest BCUT2D eigenvalue weighted by molar-refractivity contribution is 6.34. The van der Waals surface area contributed by atoms with Crippen LogP contribution in [0.15, 0.2) is 30.6 Å². The average Bonchev–Trinajstić information content (AvgIpc) is 2.41. The van der Waals surface area contributed by atoms with E-state index in [1.807, 2.05) is 19.1 Å². The van der Waals surface area contributed by atoms with Crippen LogP contribution in [0.5, 0.6) is 0 Å². The second-order valence-electron chi connectivity index (χ2n) is 4.38. The van der Waals surface area contributed by atoms with Gasteiger partial charge in [0.15, 0.2) is 0 Å². The molecule has 4 nitrogen and oxygen atoms in total. The summed E-state index contributed by atoms with van der Waals surface area (Å²) in [4.78, 5) is 8.43. The summed E-state index contributed by atoms with van der Waals surface area (Å²) in [7, 11) is 0. The molecule has 0 aliphatic heterocycles. The zero-order valence-corrected chi connectivity index (χ0v) is 12.6. The van der Waals surface area contributed by atoms with Gasteiger partial charge in [-0.05, 0) is 30.7 Å². The lowest BCUT2D eigenvalue weighted by molar-refractivity contribution is 0.537. The van der Waals surface area contributed by atoms with Crippen molar-refractivity contribution in [2.45, 2.75) is 19.4 Å². The van der Waals surface area contributed by atoms with Crippen molar-refractivity contribution >= 4 is 29.0 Å². The van der Waals surface area contributed by atoms with Crippen molar-refractivity contribution < 1.29 is 0 Å². The normalized spacial score (nSPS) is 12.3. The molecular weight excluding hydrogens is 295 g/mol. The first-order valence-electron chi connectivity index (χ1n) is 6.35. The molecule has 2 rings (SSSR count). The second kappa shape index (κ2) is 6.88. The van der Waals surface area contributed by atoms with Crippen LogP contribution in [0.4, 0.5) is 5.82 Å². The third kappa shape index (κ3) is 3.60. The number of pyridine rings is 2. The number of likely N-dealkylation sites (N-methyl/N-ethyl adjacent to an activating group) is 1. The summed E-state index contributed by atoms with van der Waals surface area (Å²) in [6.07, 6.45) is 3.94. The largest absolute Gasteiger partial charge is 0.383 e. The van der Waals surface area contributed by atoms with E-state index in [2.05, 4.69) is 15.3 Å². The van der Waals surface area contributed by atoms with Gasteiger partial charge in [0.05, 0.1) is 21.8 Å². The maximum Gasteiger partial charge on any atom is 0.126 e. The van der Waals surface area contributed by atoms with E-state index in [-0.39, 0.29) is 6.04 Å². The van der Waals surface area contributed by atoms with Crippen molar-refractivity contribution in [3.05, 3.63) is 51.9 Å². The molecule has 0 saturated heterocycles. The van der Waals surface area contributed by atoms with E-state index >= 15 is 0 Å². The Hall–Kier alpha value is -1.36. The molecule has 0 saturated carbocycles. The Morgan fingerprint density at radius 3 is 2.80 bits per heavy atom. The molecule has 20 heavy (non-hydrogen) atoms. The monoisotopic (exact) mass is 310 g/mol. The van der Waals surface area contributed by atoms with Gasteiger partial charge >= 0.3 is 0 Å². The minimum absolute atomic E-state index is 0.0312. The maximum atomic E-state index is 6.23. The fourth-order valence-electron chi connectivity index (χ4n) is 2.04. The lowest BCUT2D eigenvalue weighted by Gasteiger charge is -2.19. The number of anilines is 1. The molecule has 3 N–H and O–H groups in total. The highest BCUT2D eigenvalue weighted by Gasteiger charge is 2.17. The molecule has 0 aliphatic carbocycles. The van der Waals surface area contributed by atoms with Crippen LogP contribution in [0.2, 0.25) is 10.0 Å². The summed E-state index contributed by atoms with van der Waals surface area (Å²) in [6.45, 7) is 2.83. The number of hydrogen-bond acceptors (Lipinski definition) is 4. The van der Waals surface area contributed by atoms with Crippen molar-refractivity contribution in [2.75, 3.05) is 12.3 Å². The number of halogens is 2. The Balaban J connectivity index is 2.29. The number of nitrogen functional groups attached to an aromatic ring is 1. The van der Waals surface area contributed by atoms with Crippen molar-refractivity contribution in [2.24, 2.45) is 0 Å². The van der Waals surface area contributed by atoms with Gasteiger partial charge in [0.2, 0.25) is 0 Å². The fraction of sp³-hybridized carbons (Fsp3) is 0.286. The minimum atomic E-state index is -0.0312. The molecule has 6 heteroatoms. The fourth-order valence-corrected chi connectivity index (χ4v) is 2.55. The number of nitrogens with two attached hydrogens (primary N) is 1. The molecule has 0 amide bonds. The minimum Gasteiger partial charge on any atom is -0.383 e. The van der Waals surface area contributed by atoms with Gasteiger partial charge in [0.25, 0.3) is 0 Å². The van der Waals surface area contributed by atoms with Crippen LogP contribution in [-0.4, -0.2) is 16.5 Å². The van der Waals surface area contributed by atoms with Crippen LogP contribution < -0.4 is 11.1 Å². The molecule has 0 bridgehead atoms. The van der Waals surface area contributed by atoms with Crippen molar-refractivity contribution in [3.8, 4) is 0 Å². The highest BCUT2D eigenvalue weighted by atomic mass is 35.5. The number of hydrogen-bond donors (Lipinski definition) is 2. The molecular formula is C14H16Cl2N4.